The van der Waals surface area contributed by atoms with E-state index < -0.39 is 11.4 Å². The summed E-state index contributed by atoms with van der Waals surface area (Å²) in [5, 5.41) is 8.92. The number of rotatable bonds is 4. The fourth-order valence-corrected chi connectivity index (χ4v) is 2.63. The molecule has 2 heterocycles. The Hall–Kier alpha value is -1.91. The number of aliphatic carboxylic acids is 1. The van der Waals surface area contributed by atoms with E-state index in [1.54, 1.807) is 18.3 Å². The van der Waals surface area contributed by atoms with E-state index in [2.05, 4.69) is 4.98 Å². The zero-order valence-electron chi connectivity index (χ0n) is 10.5. The SMILES string of the molecule is CCC1(CC)C(=O)N(CC(=O)O)c2cccnc21. The van der Waals surface area contributed by atoms with Crippen LogP contribution in [0.15, 0.2) is 18.3 Å². The molecule has 0 fully saturated rings. The standard InChI is InChI=1S/C13H16N2O3/c1-3-13(4-2)11-9(6-5-7-14-11)15(12(13)18)8-10(16)17/h5-7H,3-4,8H2,1-2H3,(H,16,17). The number of carboxylic acid groups (broad SMARTS) is 1. The van der Waals surface area contributed by atoms with Crippen LogP contribution in [0.3, 0.4) is 0 Å². The van der Waals surface area contributed by atoms with Crippen LogP contribution >= 0.6 is 0 Å². The molecule has 1 amide bonds. The number of nitrogens with zero attached hydrogens (tertiary/aromatic N) is 2. The van der Waals surface area contributed by atoms with Crippen LogP contribution in [0.25, 0.3) is 0 Å². The first kappa shape index (κ1) is 12.5. The minimum atomic E-state index is -1.01. The summed E-state index contributed by atoms with van der Waals surface area (Å²) in [7, 11) is 0. The Morgan fingerprint density at radius 3 is 2.67 bits per heavy atom. The number of anilines is 1. The van der Waals surface area contributed by atoms with E-state index >= 15 is 0 Å². The Morgan fingerprint density at radius 2 is 2.11 bits per heavy atom. The van der Waals surface area contributed by atoms with E-state index in [4.69, 9.17) is 5.11 Å². The molecule has 0 bridgehead atoms. The third-order valence-corrected chi connectivity index (χ3v) is 3.69. The lowest BCUT2D eigenvalue weighted by atomic mass is 9.80. The fourth-order valence-electron chi connectivity index (χ4n) is 2.63. The second-order valence-electron chi connectivity index (χ2n) is 4.45. The molecule has 96 valence electrons. The van der Waals surface area contributed by atoms with Gasteiger partial charge in [0, 0.05) is 6.20 Å². The van der Waals surface area contributed by atoms with Crippen molar-refractivity contribution in [3.8, 4) is 0 Å². The normalized spacial score (nSPS) is 16.8. The van der Waals surface area contributed by atoms with Crippen LogP contribution in [0, 0.1) is 0 Å². The van der Waals surface area contributed by atoms with Crippen molar-refractivity contribution in [3.05, 3.63) is 24.0 Å². The lowest BCUT2D eigenvalue weighted by Crippen LogP contribution is -2.42. The minimum Gasteiger partial charge on any atom is -0.480 e. The summed E-state index contributed by atoms with van der Waals surface area (Å²) in [6.07, 6.45) is 2.90. The lowest BCUT2D eigenvalue weighted by Gasteiger charge is -2.24. The number of amides is 1. The van der Waals surface area contributed by atoms with Crippen molar-refractivity contribution in [3.63, 3.8) is 0 Å². The molecule has 1 N–H and O–H groups in total. The molecule has 1 aromatic rings. The molecule has 0 atom stereocenters. The van der Waals surface area contributed by atoms with Gasteiger partial charge >= 0.3 is 5.97 Å². The van der Waals surface area contributed by atoms with Gasteiger partial charge in [-0.1, -0.05) is 13.8 Å². The van der Waals surface area contributed by atoms with E-state index in [0.717, 1.165) is 0 Å². The van der Waals surface area contributed by atoms with E-state index in [9.17, 15) is 9.59 Å². The molecule has 0 aliphatic carbocycles. The van der Waals surface area contributed by atoms with Gasteiger partial charge in [0.25, 0.3) is 0 Å². The van der Waals surface area contributed by atoms with E-state index in [-0.39, 0.29) is 12.5 Å². The summed E-state index contributed by atoms with van der Waals surface area (Å²) in [6, 6.07) is 3.48. The number of aromatic nitrogens is 1. The molecule has 5 heteroatoms. The topological polar surface area (TPSA) is 70.5 Å². The predicted molar refractivity (Wildman–Crippen MR) is 66.5 cm³/mol. The molecule has 1 aliphatic heterocycles. The second kappa shape index (κ2) is 4.40. The molecular weight excluding hydrogens is 232 g/mol. The average Bonchev–Trinajstić information content (AvgIpc) is 2.60. The second-order valence-corrected chi connectivity index (χ2v) is 4.45. The van der Waals surface area contributed by atoms with Crippen LogP contribution in [-0.2, 0) is 15.0 Å². The van der Waals surface area contributed by atoms with Gasteiger partial charge in [-0.15, -0.1) is 0 Å². The average molecular weight is 248 g/mol. The number of pyridine rings is 1. The zero-order valence-corrected chi connectivity index (χ0v) is 10.5. The Balaban J connectivity index is 2.56. The van der Waals surface area contributed by atoms with Crippen molar-refractivity contribution in [1.82, 2.24) is 4.98 Å². The summed E-state index contributed by atoms with van der Waals surface area (Å²) in [5.74, 6) is -1.16. The van der Waals surface area contributed by atoms with Gasteiger partial charge in [-0.2, -0.15) is 0 Å². The molecule has 0 aromatic carbocycles. The van der Waals surface area contributed by atoms with Crippen molar-refractivity contribution in [2.75, 3.05) is 11.4 Å². The quantitative estimate of drug-likeness (QED) is 0.878. The maximum Gasteiger partial charge on any atom is 0.323 e. The molecule has 1 aromatic heterocycles. The van der Waals surface area contributed by atoms with Crippen molar-refractivity contribution in [1.29, 1.82) is 0 Å². The fraction of sp³-hybridized carbons (Fsp3) is 0.462. The summed E-state index contributed by atoms with van der Waals surface area (Å²) in [4.78, 5) is 29.0. The van der Waals surface area contributed by atoms with Crippen molar-refractivity contribution in [2.45, 2.75) is 32.1 Å². The summed E-state index contributed by atoms with van der Waals surface area (Å²) < 4.78 is 0. The van der Waals surface area contributed by atoms with E-state index in [1.165, 1.54) is 4.90 Å². The van der Waals surface area contributed by atoms with Crippen LogP contribution in [0.2, 0.25) is 0 Å². The molecule has 0 saturated carbocycles. The Labute approximate surface area is 105 Å². The first-order chi connectivity index (χ1) is 8.56. The zero-order chi connectivity index (χ0) is 13.3. The van der Waals surface area contributed by atoms with E-state index in [1.807, 2.05) is 13.8 Å². The van der Waals surface area contributed by atoms with Crippen molar-refractivity contribution >= 4 is 17.6 Å². The number of carbonyl (C=O) groups excluding carboxylic acids is 1. The van der Waals surface area contributed by atoms with Crippen LogP contribution in [-0.4, -0.2) is 28.5 Å². The highest BCUT2D eigenvalue weighted by atomic mass is 16.4. The first-order valence-electron chi connectivity index (χ1n) is 6.06. The maximum atomic E-state index is 12.5. The largest absolute Gasteiger partial charge is 0.480 e. The summed E-state index contributed by atoms with van der Waals surface area (Å²) >= 11 is 0. The van der Waals surface area contributed by atoms with Gasteiger partial charge in [-0.25, -0.2) is 0 Å². The smallest absolute Gasteiger partial charge is 0.323 e. The highest BCUT2D eigenvalue weighted by molar-refractivity contribution is 6.09. The number of hydrogen-bond donors (Lipinski definition) is 1. The van der Waals surface area contributed by atoms with Gasteiger partial charge in [0.05, 0.1) is 16.8 Å². The molecular formula is C13H16N2O3. The molecule has 0 spiro atoms. The van der Waals surface area contributed by atoms with Gasteiger partial charge in [-0.05, 0) is 25.0 Å². The van der Waals surface area contributed by atoms with Crippen LogP contribution in [0.1, 0.15) is 32.4 Å². The molecule has 1 aliphatic rings. The molecule has 5 nitrogen and oxygen atoms in total. The van der Waals surface area contributed by atoms with Crippen LogP contribution in [0.4, 0.5) is 5.69 Å². The Bertz CT molecular complexity index is 495. The maximum absolute atomic E-state index is 12.5. The van der Waals surface area contributed by atoms with Gasteiger partial charge in [0.15, 0.2) is 0 Å². The monoisotopic (exact) mass is 248 g/mol. The number of hydrogen-bond acceptors (Lipinski definition) is 3. The third-order valence-electron chi connectivity index (χ3n) is 3.69. The highest BCUT2D eigenvalue weighted by Gasteiger charge is 2.49. The first-order valence-corrected chi connectivity index (χ1v) is 6.06. The summed E-state index contributed by atoms with van der Waals surface area (Å²) in [6.45, 7) is 3.56. The van der Waals surface area contributed by atoms with Gasteiger partial charge < -0.3 is 5.11 Å². The van der Waals surface area contributed by atoms with Crippen LogP contribution in [0.5, 0.6) is 0 Å². The summed E-state index contributed by atoms with van der Waals surface area (Å²) in [5.41, 5.74) is 0.682. The molecule has 2 rings (SSSR count). The molecule has 0 saturated heterocycles. The lowest BCUT2D eigenvalue weighted by molar-refractivity contribution is -0.137. The van der Waals surface area contributed by atoms with Gasteiger partial charge in [0.1, 0.15) is 6.54 Å². The van der Waals surface area contributed by atoms with Gasteiger partial charge in [0.2, 0.25) is 5.91 Å². The number of carbonyl (C=O) groups is 2. The van der Waals surface area contributed by atoms with Crippen molar-refractivity contribution in [2.24, 2.45) is 0 Å². The number of fused-ring (bicyclic) bond motifs is 1. The van der Waals surface area contributed by atoms with E-state index in [0.29, 0.717) is 24.2 Å². The predicted octanol–water partition coefficient (Wildman–Crippen LogP) is 1.57. The molecule has 18 heavy (non-hydrogen) atoms. The third kappa shape index (κ3) is 1.58. The van der Waals surface area contributed by atoms with Gasteiger partial charge in [-0.3, -0.25) is 19.5 Å². The molecule has 0 radical (unpaired) electrons. The molecule has 0 unspecified atom stereocenters. The highest BCUT2D eigenvalue weighted by Crippen LogP contribution is 2.44. The minimum absolute atomic E-state index is 0.149. The van der Waals surface area contributed by atoms with Crippen LogP contribution < -0.4 is 4.90 Å². The Morgan fingerprint density at radius 1 is 1.44 bits per heavy atom. The van der Waals surface area contributed by atoms with Crippen molar-refractivity contribution < 1.29 is 14.7 Å². The number of carboxylic acids is 1. The Kier molecular flexibility index (Phi) is 3.07.